The maximum atomic E-state index is 13.3. The molecule has 0 spiro atoms. The van der Waals surface area contributed by atoms with Crippen molar-refractivity contribution in [2.45, 2.75) is 50.2 Å². The lowest BCUT2D eigenvalue weighted by Crippen LogP contribution is -2.38. The van der Waals surface area contributed by atoms with E-state index in [-0.39, 0.29) is 12.5 Å². The van der Waals surface area contributed by atoms with Gasteiger partial charge in [0.05, 0.1) is 0 Å². The number of ether oxygens (including phenoxy) is 1. The van der Waals surface area contributed by atoms with E-state index in [0.29, 0.717) is 11.1 Å². The van der Waals surface area contributed by atoms with Gasteiger partial charge in [-0.3, -0.25) is 4.79 Å². The summed E-state index contributed by atoms with van der Waals surface area (Å²) in [4.78, 5) is 15.2. The van der Waals surface area contributed by atoms with Crippen molar-refractivity contribution in [3.8, 4) is 5.75 Å². The zero-order valence-corrected chi connectivity index (χ0v) is 18.7. The number of aryl methyl sites for hydroxylation is 2. The molecule has 1 fully saturated rings. The minimum absolute atomic E-state index is 0.0993. The first-order valence-corrected chi connectivity index (χ1v) is 11.5. The fourth-order valence-electron chi connectivity index (χ4n) is 3.62. The highest BCUT2D eigenvalue weighted by Gasteiger charge is 2.29. The Morgan fingerprint density at radius 2 is 1.87 bits per heavy atom. The van der Waals surface area contributed by atoms with Crippen molar-refractivity contribution in [1.29, 1.82) is 0 Å². The van der Waals surface area contributed by atoms with Gasteiger partial charge in [-0.05, 0) is 67.6 Å². The maximum absolute atomic E-state index is 13.3. The van der Waals surface area contributed by atoms with Gasteiger partial charge in [-0.2, -0.15) is 0 Å². The first-order valence-electron chi connectivity index (χ1n) is 10.6. The summed E-state index contributed by atoms with van der Waals surface area (Å²) in [5.41, 5.74) is 3.12. The fourth-order valence-corrected chi connectivity index (χ4v) is 4.59. The molecule has 2 heterocycles. The molecule has 1 aliphatic heterocycles. The first-order chi connectivity index (χ1) is 15.1. The molecule has 0 aliphatic carbocycles. The smallest absolute Gasteiger partial charge is 0.277 e. The van der Waals surface area contributed by atoms with E-state index in [2.05, 4.69) is 10.2 Å². The van der Waals surface area contributed by atoms with Gasteiger partial charge >= 0.3 is 0 Å². The molecule has 7 heteroatoms. The number of hydrogen-bond donors (Lipinski definition) is 0. The second-order valence-electron chi connectivity index (χ2n) is 7.81. The van der Waals surface area contributed by atoms with Crippen LogP contribution in [0.2, 0.25) is 0 Å². The van der Waals surface area contributed by atoms with Crippen molar-refractivity contribution in [3.05, 3.63) is 71.1 Å². The highest BCUT2D eigenvalue weighted by molar-refractivity contribution is 8.00. The Labute approximate surface area is 187 Å². The molecule has 4 rings (SSSR count). The topological polar surface area (TPSA) is 68.5 Å². The zero-order chi connectivity index (χ0) is 21.6. The summed E-state index contributed by atoms with van der Waals surface area (Å²) in [6, 6.07) is 15.9. The Hall–Kier alpha value is -2.80. The number of carbonyl (C=O) groups excluding carboxylic acids is 1. The number of nitrogens with zero attached hydrogens (tertiary/aromatic N) is 3. The van der Waals surface area contributed by atoms with Gasteiger partial charge in [0.1, 0.15) is 11.0 Å². The maximum Gasteiger partial charge on any atom is 0.277 e. The lowest BCUT2D eigenvalue weighted by molar-refractivity contribution is -0.131. The van der Waals surface area contributed by atoms with Crippen LogP contribution in [0.5, 0.6) is 5.75 Å². The number of thioether (sulfide) groups is 1. The molecule has 1 saturated heterocycles. The summed E-state index contributed by atoms with van der Waals surface area (Å²) in [6.45, 7) is 5.83. The van der Waals surface area contributed by atoms with Gasteiger partial charge in [0, 0.05) is 13.1 Å². The van der Waals surface area contributed by atoms with E-state index in [1.807, 2.05) is 67.3 Å². The molecule has 1 unspecified atom stereocenters. The van der Waals surface area contributed by atoms with Gasteiger partial charge < -0.3 is 14.1 Å². The highest BCUT2D eigenvalue weighted by Crippen LogP contribution is 2.36. The molecular weight excluding hydrogens is 410 g/mol. The molecule has 1 amide bonds. The quantitative estimate of drug-likeness (QED) is 0.479. The Balaban J connectivity index is 1.46. The minimum atomic E-state index is -0.410. The number of likely N-dealkylation sites (tertiary alicyclic amines) is 1. The van der Waals surface area contributed by atoms with Gasteiger partial charge in [-0.1, -0.05) is 42.5 Å². The van der Waals surface area contributed by atoms with Crippen molar-refractivity contribution >= 4 is 17.7 Å². The number of carbonyl (C=O) groups is 1. The predicted octanol–water partition coefficient (Wildman–Crippen LogP) is 5.11. The van der Waals surface area contributed by atoms with Crippen molar-refractivity contribution in [3.63, 3.8) is 0 Å². The summed E-state index contributed by atoms with van der Waals surface area (Å²) in [6.07, 6.45) is 3.29. The summed E-state index contributed by atoms with van der Waals surface area (Å²) in [5.74, 6) is 1.29. The van der Waals surface area contributed by atoms with E-state index in [1.165, 1.54) is 18.2 Å². The number of amides is 1. The van der Waals surface area contributed by atoms with E-state index in [0.717, 1.165) is 48.4 Å². The second-order valence-corrected chi connectivity index (χ2v) is 8.87. The standard InChI is InChI=1S/C24H27N3O3S/c1-17-11-12-18(2)20(15-17)29-16-21-25-26-24(30-21)31-22(19-9-5-3-6-10-19)23(28)27-13-7-4-8-14-27/h3,5-6,9-12,15,22H,4,7-8,13-14,16H2,1-2H3. The number of piperidine rings is 1. The monoisotopic (exact) mass is 437 g/mol. The average Bonchev–Trinajstić information content (AvgIpc) is 3.26. The number of benzene rings is 2. The Kier molecular flexibility index (Phi) is 6.92. The van der Waals surface area contributed by atoms with Crippen LogP contribution in [0.25, 0.3) is 0 Å². The molecule has 162 valence electrons. The van der Waals surface area contributed by atoms with Crippen LogP contribution in [0.3, 0.4) is 0 Å². The molecule has 0 saturated carbocycles. The molecule has 1 aromatic heterocycles. The third kappa shape index (κ3) is 5.47. The van der Waals surface area contributed by atoms with Crippen molar-refractivity contribution in [2.24, 2.45) is 0 Å². The predicted molar refractivity (Wildman–Crippen MR) is 120 cm³/mol. The number of hydrogen-bond acceptors (Lipinski definition) is 6. The average molecular weight is 438 g/mol. The van der Waals surface area contributed by atoms with Crippen LogP contribution in [0, 0.1) is 13.8 Å². The van der Waals surface area contributed by atoms with Crippen LogP contribution >= 0.6 is 11.8 Å². The van der Waals surface area contributed by atoms with Gasteiger partial charge in [0.25, 0.3) is 11.1 Å². The van der Waals surface area contributed by atoms with Gasteiger partial charge in [-0.15, -0.1) is 10.2 Å². The van der Waals surface area contributed by atoms with Crippen molar-refractivity contribution < 1.29 is 13.9 Å². The molecule has 31 heavy (non-hydrogen) atoms. The van der Waals surface area contributed by atoms with Gasteiger partial charge in [0.15, 0.2) is 6.61 Å². The van der Waals surface area contributed by atoms with Gasteiger partial charge in [0.2, 0.25) is 5.91 Å². The molecule has 6 nitrogen and oxygen atoms in total. The molecule has 0 bridgehead atoms. The van der Waals surface area contributed by atoms with Crippen LogP contribution in [-0.2, 0) is 11.4 Å². The summed E-state index contributed by atoms with van der Waals surface area (Å²) in [7, 11) is 0. The van der Waals surface area contributed by atoms with Crippen LogP contribution < -0.4 is 4.74 Å². The lowest BCUT2D eigenvalue weighted by atomic mass is 10.1. The largest absolute Gasteiger partial charge is 0.484 e. The van der Waals surface area contributed by atoms with Crippen LogP contribution in [0.1, 0.15) is 47.1 Å². The Bertz CT molecular complexity index is 1020. The van der Waals surface area contributed by atoms with E-state index < -0.39 is 5.25 Å². The molecule has 3 aromatic rings. The lowest BCUT2D eigenvalue weighted by Gasteiger charge is -2.29. The van der Waals surface area contributed by atoms with Crippen LogP contribution in [0.15, 0.2) is 58.2 Å². The fraction of sp³-hybridized carbons (Fsp3) is 0.375. The SMILES string of the molecule is Cc1ccc(C)c(OCc2nnc(SC(C(=O)N3CCCCC3)c3ccccc3)o2)c1. The van der Waals surface area contributed by atoms with E-state index in [4.69, 9.17) is 9.15 Å². The summed E-state index contributed by atoms with van der Waals surface area (Å²) >= 11 is 1.30. The zero-order valence-electron chi connectivity index (χ0n) is 17.9. The summed E-state index contributed by atoms with van der Waals surface area (Å²) < 4.78 is 11.7. The Morgan fingerprint density at radius 1 is 1.10 bits per heavy atom. The van der Waals surface area contributed by atoms with Crippen molar-refractivity contribution in [1.82, 2.24) is 15.1 Å². The first kappa shape index (κ1) is 21.4. The normalized spacial score (nSPS) is 15.0. The molecular formula is C24H27N3O3S. The number of aromatic nitrogens is 2. The Morgan fingerprint density at radius 3 is 2.65 bits per heavy atom. The molecule has 0 N–H and O–H groups in total. The van der Waals surface area contributed by atoms with Crippen molar-refractivity contribution in [2.75, 3.05) is 13.1 Å². The van der Waals surface area contributed by atoms with E-state index in [1.54, 1.807) is 0 Å². The molecule has 1 atom stereocenters. The molecule has 0 radical (unpaired) electrons. The highest BCUT2D eigenvalue weighted by atomic mass is 32.2. The molecule has 1 aliphatic rings. The third-order valence-electron chi connectivity index (χ3n) is 5.36. The van der Waals surface area contributed by atoms with E-state index >= 15 is 0 Å². The summed E-state index contributed by atoms with van der Waals surface area (Å²) in [5, 5.41) is 8.24. The second kappa shape index (κ2) is 10.0. The van der Waals surface area contributed by atoms with Gasteiger partial charge in [-0.25, -0.2) is 0 Å². The van der Waals surface area contributed by atoms with Crippen LogP contribution in [-0.4, -0.2) is 34.1 Å². The third-order valence-corrected chi connectivity index (χ3v) is 6.43. The number of rotatable bonds is 7. The van der Waals surface area contributed by atoms with E-state index in [9.17, 15) is 4.79 Å². The van der Waals surface area contributed by atoms with Crippen LogP contribution in [0.4, 0.5) is 0 Å². The molecule has 2 aromatic carbocycles. The minimum Gasteiger partial charge on any atom is -0.484 e.